The Morgan fingerprint density at radius 3 is 2.76 bits per heavy atom. The van der Waals surface area contributed by atoms with Crippen molar-refractivity contribution in [3.05, 3.63) is 65.2 Å². The van der Waals surface area contributed by atoms with E-state index in [4.69, 9.17) is 15.6 Å². The summed E-state index contributed by atoms with van der Waals surface area (Å²) in [6.07, 6.45) is 5.46. The van der Waals surface area contributed by atoms with Gasteiger partial charge in [-0.2, -0.15) is 5.10 Å². The van der Waals surface area contributed by atoms with Crippen molar-refractivity contribution in [1.29, 1.82) is 0 Å². The van der Waals surface area contributed by atoms with Crippen LogP contribution >= 0.6 is 0 Å². The minimum absolute atomic E-state index is 0.0519. The number of anilines is 1. The van der Waals surface area contributed by atoms with Crippen molar-refractivity contribution >= 4 is 34.2 Å². The molecule has 2 amide bonds. The molecule has 0 spiro atoms. The number of halogens is 1. The summed E-state index contributed by atoms with van der Waals surface area (Å²) in [6.45, 7) is 7.42. The molecule has 0 aliphatic carbocycles. The van der Waals surface area contributed by atoms with Crippen LogP contribution in [0.3, 0.4) is 0 Å². The lowest BCUT2D eigenvalue weighted by Gasteiger charge is -2.25. The zero-order chi connectivity index (χ0) is 27.4. The molecular formula is C29H31FN4O4. The predicted molar refractivity (Wildman–Crippen MR) is 145 cm³/mol. The average Bonchev–Trinajstić information content (AvgIpc) is 3.39. The van der Waals surface area contributed by atoms with Crippen molar-refractivity contribution in [3.8, 4) is 12.3 Å². The highest BCUT2D eigenvalue weighted by Gasteiger charge is 2.44. The third-order valence-corrected chi connectivity index (χ3v) is 6.59. The van der Waals surface area contributed by atoms with Crippen molar-refractivity contribution in [3.63, 3.8) is 0 Å². The second-order valence-corrected chi connectivity index (χ2v) is 9.67. The lowest BCUT2D eigenvalue weighted by molar-refractivity contribution is -0.122. The smallest absolute Gasteiger partial charge is 0.251 e. The zero-order valence-electron chi connectivity index (χ0n) is 22.0. The van der Waals surface area contributed by atoms with Crippen molar-refractivity contribution in [2.24, 2.45) is 5.10 Å². The Hall–Kier alpha value is -4.16. The van der Waals surface area contributed by atoms with Crippen LogP contribution in [0, 0.1) is 18.2 Å². The van der Waals surface area contributed by atoms with Gasteiger partial charge in [-0.05, 0) is 62.7 Å². The van der Waals surface area contributed by atoms with Gasteiger partial charge in [-0.25, -0.2) is 4.39 Å². The molecule has 0 saturated heterocycles. The maximum Gasteiger partial charge on any atom is 0.251 e. The van der Waals surface area contributed by atoms with Crippen molar-refractivity contribution in [2.45, 2.75) is 32.7 Å². The number of carbonyl (C=O) groups excluding carboxylic acids is 2. The number of hydrogen-bond acceptors (Lipinski definition) is 6. The number of terminal acetylenes is 1. The minimum atomic E-state index is -0.733. The monoisotopic (exact) mass is 518 g/mol. The second-order valence-electron chi connectivity index (χ2n) is 9.67. The van der Waals surface area contributed by atoms with Crippen molar-refractivity contribution < 1.29 is 23.1 Å². The maximum absolute atomic E-state index is 13.5. The number of carbonyl (C=O) groups is 2. The third kappa shape index (κ3) is 5.55. The summed E-state index contributed by atoms with van der Waals surface area (Å²) in [6, 6.07) is 11.2. The van der Waals surface area contributed by atoms with E-state index in [0.29, 0.717) is 59.9 Å². The molecule has 1 aromatic heterocycles. The first-order valence-corrected chi connectivity index (χ1v) is 12.3. The summed E-state index contributed by atoms with van der Waals surface area (Å²) in [5, 5.41) is 9.69. The third-order valence-electron chi connectivity index (χ3n) is 6.59. The highest BCUT2D eigenvalue weighted by Crippen LogP contribution is 2.41. The summed E-state index contributed by atoms with van der Waals surface area (Å²) in [5.74, 6) is 2.30. The van der Waals surface area contributed by atoms with E-state index < -0.39 is 5.41 Å². The molecule has 1 N–H and O–H groups in total. The van der Waals surface area contributed by atoms with Gasteiger partial charge >= 0.3 is 0 Å². The molecule has 0 atom stereocenters. The standard InChI is InChI=1S/C29H31FN4O4/c1-6-19(2)32-33(13-14-37-5)11-12-34-25-17-20(7-9-24(25)29(3,4)28(34)36)27(35)31-18-23-16-21-15-22(30)8-10-26(21)38-23/h1,7-10,15-17H,11-14,18H2,2-5H3,(H,31,35)/b32-19-. The molecule has 0 bridgehead atoms. The van der Waals surface area contributed by atoms with Crippen LogP contribution in [0.4, 0.5) is 10.1 Å². The SMILES string of the molecule is C#C/C(C)=N\N(CCOC)CCN1C(=O)C(C)(C)c2ccc(C(=O)NCc3cc4cc(F)ccc4o3)cc21. The predicted octanol–water partition coefficient (Wildman–Crippen LogP) is 4.08. The molecular weight excluding hydrogens is 487 g/mol. The quantitative estimate of drug-likeness (QED) is 0.248. The number of hydrogen-bond donors (Lipinski definition) is 1. The molecule has 0 fully saturated rings. The lowest BCUT2D eigenvalue weighted by atomic mass is 9.86. The van der Waals surface area contributed by atoms with Gasteiger partial charge in [0.05, 0.1) is 31.7 Å². The van der Waals surface area contributed by atoms with E-state index in [1.807, 2.05) is 19.9 Å². The fraction of sp³-hybridized carbons (Fsp3) is 0.345. The highest BCUT2D eigenvalue weighted by molar-refractivity contribution is 6.09. The van der Waals surface area contributed by atoms with E-state index >= 15 is 0 Å². The molecule has 2 aromatic carbocycles. The minimum Gasteiger partial charge on any atom is -0.459 e. The van der Waals surface area contributed by atoms with Gasteiger partial charge in [0, 0.05) is 30.3 Å². The van der Waals surface area contributed by atoms with Gasteiger partial charge in [0.25, 0.3) is 5.91 Å². The number of amides is 2. The number of furan rings is 1. The number of methoxy groups -OCH3 is 1. The number of nitrogens with zero attached hydrogens (tertiary/aromatic N) is 3. The van der Waals surface area contributed by atoms with E-state index in [-0.39, 0.29) is 24.2 Å². The first-order chi connectivity index (χ1) is 18.1. The molecule has 2 heterocycles. The zero-order valence-corrected chi connectivity index (χ0v) is 22.0. The number of fused-ring (bicyclic) bond motifs is 2. The summed E-state index contributed by atoms with van der Waals surface area (Å²) < 4.78 is 24.3. The van der Waals surface area contributed by atoms with E-state index in [2.05, 4.69) is 16.3 Å². The van der Waals surface area contributed by atoms with Gasteiger partial charge in [-0.3, -0.25) is 14.6 Å². The van der Waals surface area contributed by atoms with Crippen LogP contribution in [-0.2, 0) is 21.5 Å². The summed E-state index contributed by atoms with van der Waals surface area (Å²) in [7, 11) is 1.61. The molecule has 38 heavy (non-hydrogen) atoms. The van der Waals surface area contributed by atoms with E-state index in [0.717, 1.165) is 5.56 Å². The second kappa shape index (κ2) is 11.1. The molecule has 198 valence electrons. The van der Waals surface area contributed by atoms with Crippen molar-refractivity contribution in [2.75, 3.05) is 38.3 Å². The van der Waals surface area contributed by atoms with Gasteiger partial charge in [0.2, 0.25) is 5.91 Å². The van der Waals surface area contributed by atoms with Crippen LogP contribution in [0.25, 0.3) is 11.0 Å². The Morgan fingerprint density at radius 2 is 2.03 bits per heavy atom. The number of benzene rings is 2. The summed E-state index contributed by atoms with van der Waals surface area (Å²) >= 11 is 0. The van der Waals surface area contributed by atoms with Gasteiger partial charge in [-0.15, -0.1) is 6.42 Å². The Morgan fingerprint density at radius 1 is 1.24 bits per heavy atom. The van der Waals surface area contributed by atoms with E-state index in [1.54, 1.807) is 48.2 Å². The van der Waals surface area contributed by atoms with Crippen LogP contribution in [0.1, 0.15) is 42.5 Å². The van der Waals surface area contributed by atoms with Gasteiger partial charge in [0.15, 0.2) is 0 Å². The fourth-order valence-corrected chi connectivity index (χ4v) is 4.50. The first kappa shape index (κ1) is 26.9. The maximum atomic E-state index is 13.5. The Balaban J connectivity index is 1.51. The Kier molecular flexibility index (Phi) is 7.83. The number of hydrazone groups is 1. The molecule has 9 heteroatoms. The Bertz CT molecular complexity index is 1440. The summed E-state index contributed by atoms with van der Waals surface area (Å²) in [5.41, 5.74) is 2.30. The van der Waals surface area contributed by atoms with E-state index in [1.165, 1.54) is 12.1 Å². The summed E-state index contributed by atoms with van der Waals surface area (Å²) in [4.78, 5) is 28.1. The molecule has 1 aliphatic rings. The molecule has 0 unspecified atom stereocenters. The topological polar surface area (TPSA) is 87.4 Å². The normalized spacial score (nSPS) is 14.5. The van der Waals surface area contributed by atoms with Crippen LogP contribution < -0.4 is 10.2 Å². The molecule has 1 aliphatic heterocycles. The molecule has 4 rings (SSSR count). The molecule has 8 nitrogen and oxygen atoms in total. The van der Waals surface area contributed by atoms with Crippen molar-refractivity contribution in [1.82, 2.24) is 10.3 Å². The van der Waals surface area contributed by atoms with Crippen LogP contribution in [0.15, 0.2) is 52.0 Å². The highest BCUT2D eigenvalue weighted by atomic mass is 19.1. The molecule has 3 aromatic rings. The van der Waals surface area contributed by atoms with Gasteiger partial charge in [0.1, 0.15) is 22.9 Å². The van der Waals surface area contributed by atoms with Crippen LogP contribution in [0.2, 0.25) is 0 Å². The number of ether oxygens (including phenoxy) is 1. The number of nitrogens with one attached hydrogen (secondary N) is 1. The van der Waals surface area contributed by atoms with Crippen LogP contribution in [-0.4, -0.2) is 55.9 Å². The Labute approximate surface area is 221 Å². The number of rotatable bonds is 10. The first-order valence-electron chi connectivity index (χ1n) is 12.3. The fourth-order valence-electron chi connectivity index (χ4n) is 4.50. The van der Waals surface area contributed by atoms with E-state index in [9.17, 15) is 14.0 Å². The lowest BCUT2D eigenvalue weighted by Crippen LogP contribution is -2.40. The molecule has 0 radical (unpaired) electrons. The molecule has 0 saturated carbocycles. The average molecular weight is 519 g/mol. The van der Waals surface area contributed by atoms with Gasteiger partial charge in [-0.1, -0.05) is 12.0 Å². The van der Waals surface area contributed by atoms with Crippen LogP contribution in [0.5, 0.6) is 0 Å². The largest absolute Gasteiger partial charge is 0.459 e. The van der Waals surface area contributed by atoms with Gasteiger partial charge < -0.3 is 19.4 Å².